The van der Waals surface area contributed by atoms with E-state index in [0.717, 1.165) is 17.3 Å². The van der Waals surface area contributed by atoms with Crippen LogP contribution in [0.25, 0.3) is 0 Å². The fourth-order valence-electron chi connectivity index (χ4n) is 1.74. The molecule has 16 heavy (non-hydrogen) atoms. The van der Waals surface area contributed by atoms with E-state index in [0.29, 0.717) is 17.3 Å². The van der Waals surface area contributed by atoms with Crippen molar-refractivity contribution < 1.29 is 8.42 Å². The number of nitrogens with zero attached hydrogens (tertiary/aromatic N) is 1. The van der Waals surface area contributed by atoms with Crippen molar-refractivity contribution in [2.75, 3.05) is 16.6 Å². The number of sulfonamides is 1. The lowest BCUT2D eigenvalue weighted by molar-refractivity contribution is 0.574. The molecule has 0 atom stereocenters. The maximum atomic E-state index is 11.9. The molecule has 2 rings (SSSR count). The quantitative estimate of drug-likeness (QED) is 0.796. The molecule has 1 aromatic rings. The van der Waals surface area contributed by atoms with E-state index >= 15 is 0 Å². The molecule has 0 unspecified atom stereocenters. The van der Waals surface area contributed by atoms with Gasteiger partial charge in [0.2, 0.25) is 10.0 Å². The van der Waals surface area contributed by atoms with Gasteiger partial charge in [-0.2, -0.15) is 0 Å². The van der Waals surface area contributed by atoms with Gasteiger partial charge in [0.05, 0.1) is 16.5 Å². The fourth-order valence-corrected chi connectivity index (χ4v) is 4.00. The molecule has 0 aromatic heterocycles. The second-order valence-electron chi connectivity index (χ2n) is 3.69. The Bertz CT molecular complexity index is 504. The van der Waals surface area contributed by atoms with Crippen LogP contribution in [0.5, 0.6) is 0 Å². The average Bonchev–Trinajstić information content (AvgIpc) is 2.22. The predicted octanol–water partition coefficient (Wildman–Crippen LogP) is 3.03. The Morgan fingerprint density at radius 3 is 2.75 bits per heavy atom. The van der Waals surface area contributed by atoms with Gasteiger partial charge in [-0.3, -0.25) is 4.31 Å². The number of hydrogen-bond donors (Lipinski definition) is 0. The molecule has 0 spiro atoms. The molecule has 0 N–H and O–H groups in total. The van der Waals surface area contributed by atoms with Crippen molar-refractivity contribution in [3.8, 4) is 0 Å². The number of benzene rings is 1. The molecule has 6 heteroatoms. The van der Waals surface area contributed by atoms with Crippen molar-refractivity contribution >= 4 is 43.2 Å². The van der Waals surface area contributed by atoms with Gasteiger partial charge in [0, 0.05) is 11.0 Å². The Hall–Kier alpha value is -0.260. The average molecular weight is 325 g/mol. The smallest absolute Gasteiger partial charge is 0.235 e. The van der Waals surface area contributed by atoms with E-state index in [4.69, 9.17) is 11.6 Å². The molecule has 0 saturated carbocycles. The lowest BCUT2D eigenvalue weighted by Gasteiger charge is -2.29. The zero-order chi connectivity index (χ0) is 11.8. The highest BCUT2D eigenvalue weighted by Crippen LogP contribution is 2.32. The van der Waals surface area contributed by atoms with Gasteiger partial charge >= 0.3 is 0 Å². The second-order valence-corrected chi connectivity index (χ2v) is 7.03. The zero-order valence-corrected chi connectivity index (χ0v) is 11.6. The molecule has 1 fully saturated rings. The van der Waals surface area contributed by atoms with Gasteiger partial charge in [-0.15, -0.1) is 0 Å². The van der Waals surface area contributed by atoms with Gasteiger partial charge in [-0.1, -0.05) is 27.5 Å². The highest BCUT2D eigenvalue weighted by molar-refractivity contribution is 9.10. The Labute approximate surface area is 109 Å². The molecule has 1 heterocycles. The molecule has 0 aliphatic carbocycles. The third-order valence-electron chi connectivity index (χ3n) is 2.53. The first-order valence-corrected chi connectivity index (χ1v) is 7.74. The highest BCUT2D eigenvalue weighted by Gasteiger charge is 2.27. The normalized spacial score (nSPS) is 19.8. The van der Waals surface area contributed by atoms with Crippen LogP contribution in [0.3, 0.4) is 0 Å². The van der Waals surface area contributed by atoms with Crippen LogP contribution in [0, 0.1) is 0 Å². The summed E-state index contributed by atoms with van der Waals surface area (Å²) in [4.78, 5) is 0. The topological polar surface area (TPSA) is 37.4 Å². The van der Waals surface area contributed by atoms with Crippen molar-refractivity contribution in [2.24, 2.45) is 0 Å². The minimum Gasteiger partial charge on any atom is -0.269 e. The van der Waals surface area contributed by atoms with E-state index in [9.17, 15) is 8.42 Å². The SMILES string of the molecule is O=S1(=O)CCCCN1c1cc(Br)ccc1Cl. The lowest BCUT2D eigenvalue weighted by Crippen LogP contribution is -2.38. The summed E-state index contributed by atoms with van der Waals surface area (Å²) in [6.07, 6.45) is 1.60. The van der Waals surface area contributed by atoms with Crippen LogP contribution in [0.1, 0.15) is 12.8 Å². The maximum Gasteiger partial charge on any atom is 0.235 e. The Morgan fingerprint density at radius 1 is 1.31 bits per heavy atom. The largest absolute Gasteiger partial charge is 0.269 e. The van der Waals surface area contributed by atoms with Gasteiger partial charge in [0.1, 0.15) is 0 Å². The summed E-state index contributed by atoms with van der Waals surface area (Å²) < 4.78 is 26.0. The van der Waals surface area contributed by atoms with Crippen molar-refractivity contribution in [1.29, 1.82) is 0 Å². The number of halogens is 2. The minimum atomic E-state index is -3.19. The predicted molar refractivity (Wildman–Crippen MR) is 69.5 cm³/mol. The van der Waals surface area contributed by atoms with Crippen LogP contribution in [-0.4, -0.2) is 20.7 Å². The van der Waals surface area contributed by atoms with Crippen molar-refractivity contribution in [3.63, 3.8) is 0 Å². The summed E-state index contributed by atoms with van der Waals surface area (Å²) in [5.41, 5.74) is 0.566. The summed E-state index contributed by atoms with van der Waals surface area (Å²) in [6.45, 7) is 0.512. The van der Waals surface area contributed by atoms with Crippen LogP contribution in [-0.2, 0) is 10.0 Å². The monoisotopic (exact) mass is 323 g/mol. The minimum absolute atomic E-state index is 0.204. The first kappa shape index (κ1) is 12.2. The van der Waals surface area contributed by atoms with E-state index in [1.165, 1.54) is 4.31 Å². The summed E-state index contributed by atoms with van der Waals surface area (Å²) in [5.74, 6) is 0.204. The fraction of sp³-hybridized carbons (Fsp3) is 0.400. The summed E-state index contributed by atoms with van der Waals surface area (Å²) in [5, 5.41) is 0.466. The van der Waals surface area contributed by atoms with Crippen molar-refractivity contribution in [2.45, 2.75) is 12.8 Å². The summed E-state index contributed by atoms with van der Waals surface area (Å²) in [6, 6.07) is 5.23. The van der Waals surface area contributed by atoms with Gasteiger partial charge in [-0.05, 0) is 31.0 Å². The second kappa shape index (κ2) is 4.55. The summed E-state index contributed by atoms with van der Waals surface area (Å²) >= 11 is 9.35. The molecular formula is C10H11BrClNO2S. The molecule has 3 nitrogen and oxygen atoms in total. The molecule has 1 saturated heterocycles. The van der Waals surface area contributed by atoms with E-state index in [1.807, 2.05) is 0 Å². The van der Waals surface area contributed by atoms with Crippen LogP contribution in [0.15, 0.2) is 22.7 Å². The van der Waals surface area contributed by atoms with Crippen LogP contribution in [0.4, 0.5) is 5.69 Å². The van der Waals surface area contributed by atoms with Crippen molar-refractivity contribution in [1.82, 2.24) is 0 Å². The van der Waals surface area contributed by atoms with Gasteiger partial charge in [-0.25, -0.2) is 8.42 Å². The third kappa shape index (κ3) is 2.36. The van der Waals surface area contributed by atoms with Crippen LogP contribution >= 0.6 is 27.5 Å². The van der Waals surface area contributed by atoms with Crippen LogP contribution < -0.4 is 4.31 Å². The van der Waals surface area contributed by atoms with E-state index in [-0.39, 0.29) is 5.75 Å². The molecule has 0 radical (unpaired) electrons. The Balaban J connectivity index is 2.46. The highest BCUT2D eigenvalue weighted by atomic mass is 79.9. The number of hydrogen-bond acceptors (Lipinski definition) is 2. The van der Waals surface area contributed by atoms with Gasteiger partial charge < -0.3 is 0 Å². The number of anilines is 1. The Morgan fingerprint density at radius 2 is 2.06 bits per heavy atom. The molecule has 1 aromatic carbocycles. The number of rotatable bonds is 1. The maximum absolute atomic E-state index is 11.9. The first-order valence-electron chi connectivity index (χ1n) is 4.96. The van der Waals surface area contributed by atoms with E-state index < -0.39 is 10.0 Å². The third-order valence-corrected chi connectivity index (χ3v) is 5.19. The molecule has 88 valence electrons. The standard InChI is InChI=1S/C10H11BrClNO2S/c11-8-3-4-9(12)10(7-8)13-5-1-2-6-16(13,14)15/h3-4,7H,1-2,5-6H2. The molecule has 1 aliphatic heterocycles. The molecular weight excluding hydrogens is 314 g/mol. The van der Waals surface area contributed by atoms with E-state index in [1.54, 1.807) is 18.2 Å². The van der Waals surface area contributed by atoms with E-state index in [2.05, 4.69) is 15.9 Å². The molecule has 0 bridgehead atoms. The van der Waals surface area contributed by atoms with Gasteiger partial charge in [0.25, 0.3) is 0 Å². The molecule has 1 aliphatic rings. The first-order chi connectivity index (χ1) is 7.50. The van der Waals surface area contributed by atoms with Crippen molar-refractivity contribution in [3.05, 3.63) is 27.7 Å². The molecule has 0 amide bonds. The lowest BCUT2D eigenvalue weighted by atomic mass is 10.3. The van der Waals surface area contributed by atoms with Crippen LogP contribution in [0.2, 0.25) is 5.02 Å². The Kier molecular flexibility index (Phi) is 3.47. The summed E-state index contributed by atoms with van der Waals surface area (Å²) in [7, 11) is -3.19. The zero-order valence-electron chi connectivity index (χ0n) is 8.49. The van der Waals surface area contributed by atoms with Gasteiger partial charge in [0.15, 0.2) is 0 Å².